The third-order valence-corrected chi connectivity index (χ3v) is 2.15. The molecule has 0 saturated heterocycles. The van der Waals surface area contributed by atoms with Crippen molar-refractivity contribution >= 4 is 0 Å². The summed E-state index contributed by atoms with van der Waals surface area (Å²) >= 11 is 0. The number of rotatable bonds is 5. The van der Waals surface area contributed by atoms with Crippen molar-refractivity contribution in [2.45, 2.75) is 20.0 Å². The molecule has 78 valence electrons. The quantitative estimate of drug-likeness (QED) is 0.725. The van der Waals surface area contributed by atoms with Crippen molar-refractivity contribution in [1.82, 2.24) is 4.90 Å². The van der Waals surface area contributed by atoms with Crippen molar-refractivity contribution in [3.63, 3.8) is 0 Å². The van der Waals surface area contributed by atoms with Crippen LogP contribution in [0.5, 0.6) is 0 Å². The zero-order valence-corrected chi connectivity index (χ0v) is 8.92. The number of nitrogens with two attached hydrogens (primary N) is 1. The van der Waals surface area contributed by atoms with Crippen LogP contribution in [0.2, 0.25) is 0 Å². The van der Waals surface area contributed by atoms with E-state index < -0.39 is 0 Å². The van der Waals surface area contributed by atoms with E-state index in [2.05, 4.69) is 18.5 Å². The minimum absolute atomic E-state index is 0.464. The summed E-state index contributed by atoms with van der Waals surface area (Å²) in [6, 6.07) is 2.02. The lowest BCUT2D eigenvalue weighted by molar-refractivity contribution is 0.359. The average Bonchev–Trinajstić information content (AvgIpc) is 2.48. The van der Waals surface area contributed by atoms with Gasteiger partial charge in [0, 0.05) is 18.7 Å². The third kappa shape index (κ3) is 2.72. The van der Waals surface area contributed by atoms with Crippen molar-refractivity contribution in [3.05, 3.63) is 35.8 Å². The van der Waals surface area contributed by atoms with E-state index in [0.29, 0.717) is 6.54 Å². The summed E-state index contributed by atoms with van der Waals surface area (Å²) in [5.41, 5.74) is 6.70. The van der Waals surface area contributed by atoms with Crippen LogP contribution in [0.15, 0.2) is 23.1 Å². The molecule has 0 aromatic carbocycles. The molecule has 0 atom stereocenters. The van der Waals surface area contributed by atoms with Gasteiger partial charge in [0.2, 0.25) is 0 Å². The van der Waals surface area contributed by atoms with E-state index in [1.807, 2.05) is 19.1 Å². The number of furan rings is 1. The number of hydrogen-bond acceptors (Lipinski definition) is 3. The molecule has 0 amide bonds. The van der Waals surface area contributed by atoms with Crippen LogP contribution in [0.1, 0.15) is 17.1 Å². The van der Waals surface area contributed by atoms with Gasteiger partial charge < -0.3 is 10.2 Å². The van der Waals surface area contributed by atoms with Gasteiger partial charge in [-0.2, -0.15) is 0 Å². The monoisotopic (exact) mass is 194 g/mol. The van der Waals surface area contributed by atoms with Gasteiger partial charge >= 0.3 is 0 Å². The first-order valence-electron chi connectivity index (χ1n) is 4.75. The molecule has 0 fully saturated rings. The van der Waals surface area contributed by atoms with Gasteiger partial charge in [0.1, 0.15) is 11.5 Å². The molecular formula is C11H18N2O. The summed E-state index contributed by atoms with van der Waals surface area (Å²) in [6.07, 6.45) is 1.89. The number of aryl methyl sites for hydroxylation is 1. The number of hydrogen-bond donors (Lipinski definition) is 1. The van der Waals surface area contributed by atoms with Crippen LogP contribution >= 0.6 is 0 Å². The lowest BCUT2D eigenvalue weighted by atomic mass is 10.2. The molecule has 14 heavy (non-hydrogen) atoms. The molecule has 3 nitrogen and oxygen atoms in total. The van der Waals surface area contributed by atoms with Gasteiger partial charge in [-0.3, -0.25) is 4.90 Å². The molecule has 0 aliphatic heterocycles. The average molecular weight is 194 g/mol. The molecule has 0 bridgehead atoms. The Morgan fingerprint density at radius 1 is 1.64 bits per heavy atom. The Morgan fingerprint density at radius 3 is 2.86 bits per heavy atom. The molecular weight excluding hydrogens is 176 g/mol. The van der Waals surface area contributed by atoms with Gasteiger partial charge in [-0.05, 0) is 20.0 Å². The van der Waals surface area contributed by atoms with Crippen LogP contribution in [0.4, 0.5) is 0 Å². The molecule has 3 heteroatoms. The van der Waals surface area contributed by atoms with E-state index in [0.717, 1.165) is 24.6 Å². The number of likely N-dealkylation sites (N-methyl/N-ethyl adjacent to an activating group) is 1. The van der Waals surface area contributed by atoms with E-state index in [-0.39, 0.29) is 0 Å². The molecule has 0 unspecified atom stereocenters. The molecule has 1 aromatic heterocycles. The van der Waals surface area contributed by atoms with Gasteiger partial charge in [-0.1, -0.05) is 6.08 Å². The molecule has 1 aromatic rings. The predicted molar refractivity (Wildman–Crippen MR) is 57.9 cm³/mol. The SMILES string of the molecule is C=CCN(C)Cc1cc(CN)oc1C. The molecule has 0 spiro atoms. The molecule has 0 radical (unpaired) electrons. The highest BCUT2D eigenvalue weighted by Gasteiger charge is 2.07. The Balaban J connectivity index is 2.65. The van der Waals surface area contributed by atoms with E-state index >= 15 is 0 Å². The highest BCUT2D eigenvalue weighted by Crippen LogP contribution is 2.15. The standard InChI is InChI=1S/C11H18N2O/c1-4-5-13(3)8-10-6-11(7-12)14-9(10)2/h4,6H,1,5,7-8,12H2,2-3H3. The van der Waals surface area contributed by atoms with E-state index in [4.69, 9.17) is 10.2 Å². The van der Waals surface area contributed by atoms with Crippen LogP contribution in [0.3, 0.4) is 0 Å². The van der Waals surface area contributed by atoms with Crippen LogP contribution < -0.4 is 5.73 Å². The fourth-order valence-corrected chi connectivity index (χ4v) is 1.42. The van der Waals surface area contributed by atoms with Gasteiger partial charge in [0.15, 0.2) is 0 Å². The van der Waals surface area contributed by atoms with Crippen molar-refractivity contribution in [1.29, 1.82) is 0 Å². The number of nitrogens with zero attached hydrogens (tertiary/aromatic N) is 1. The normalized spacial score (nSPS) is 10.9. The van der Waals surface area contributed by atoms with E-state index in [1.165, 1.54) is 5.56 Å². The largest absolute Gasteiger partial charge is 0.465 e. The van der Waals surface area contributed by atoms with E-state index in [1.54, 1.807) is 0 Å². The van der Waals surface area contributed by atoms with Crippen molar-refractivity contribution in [2.75, 3.05) is 13.6 Å². The maximum atomic E-state index is 5.50. The maximum absolute atomic E-state index is 5.50. The second kappa shape index (κ2) is 4.98. The summed E-state index contributed by atoms with van der Waals surface area (Å²) in [5, 5.41) is 0. The lowest BCUT2D eigenvalue weighted by Gasteiger charge is -2.12. The first-order chi connectivity index (χ1) is 6.67. The third-order valence-electron chi connectivity index (χ3n) is 2.15. The molecule has 1 heterocycles. The summed E-state index contributed by atoms with van der Waals surface area (Å²) < 4.78 is 5.47. The Kier molecular flexibility index (Phi) is 3.92. The maximum Gasteiger partial charge on any atom is 0.118 e. The fraction of sp³-hybridized carbons (Fsp3) is 0.455. The molecule has 0 aliphatic carbocycles. The van der Waals surface area contributed by atoms with Crippen molar-refractivity contribution in [3.8, 4) is 0 Å². The predicted octanol–water partition coefficient (Wildman–Crippen LogP) is 1.66. The first kappa shape index (κ1) is 11.0. The second-order valence-corrected chi connectivity index (χ2v) is 3.48. The lowest BCUT2D eigenvalue weighted by Crippen LogP contribution is -2.17. The Morgan fingerprint density at radius 2 is 2.36 bits per heavy atom. The Labute approximate surface area is 85.2 Å². The molecule has 2 N–H and O–H groups in total. The van der Waals surface area contributed by atoms with Gasteiger partial charge in [0.05, 0.1) is 6.54 Å². The van der Waals surface area contributed by atoms with E-state index in [9.17, 15) is 0 Å². The fourth-order valence-electron chi connectivity index (χ4n) is 1.42. The van der Waals surface area contributed by atoms with Crippen molar-refractivity contribution < 1.29 is 4.42 Å². The summed E-state index contributed by atoms with van der Waals surface area (Å²) in [6.45, 7) is 7.89. The van der Waals surface area contributed by atoms with Crippen molar-refractivity contribution in [2.24, 2.45) is 5.73 Å². The molecule has 1 rings (SSSR count). The van der Waals surface area contributed by atoms with Gasteiger partial charge in [0.25, 0.3) is 0 Å². The second-order valence-electron chi connectivity index (χ2n) is 3.48. The minimum atomic E-state index is 0.464. The minimum Gasteiger partial charge on any atom is -0.465 e. The molecule has 0 saturated carbocycles. The highest BCUT2D eigenvalue weighted by atomic mass is 16.3. The molecule has 0 aliphatic rings. The zero-order chi connectivity index (χ0) is 10.6. The topological polar surface area (TPSA) is 42.4 Å². The summed E-state index contributed by atoms with van der Waals surface area (Å²) in [7, 11) is 2.05. The smallest absolute Gasteiger partial charge is 0.118 e. The Hall–Kier alpha value is -1.06. The summed E-state index contributed by atoms with van der Waals surface area (Å²) in [4.78, 5) is 2.17. The van der Waals surface area contributed by atoms with Gasteiger partial charge in [-0.25, -0.2) is 0 Å². The van der Waals surface area contributed by atoms with Crippen LogP contribution in [0.25, 0.3) is 0 Å². The van der Waals surface area contributed by atoms with Crippen LogP contribution in [0, 0.1) is 6.92 Å². The summed E-state index contributed by atoms with van der Waals surface area (Å²) in [5.74, 6) is 1.81. The van der Waals surface area contributed by atoms with Gasteiger partial charge in [-0.15, -0.1) is 6.58 Å². The highest BCUT2D eigenvalue weighted by molar-refractivity contribution is 5.20. The van der Waals surface area contributed by atoms with Crippen LogP contribution in [-0.2, 0) is 13.1 Å². The van der Waals surface area contributed by atoms with Crippen LogP contribution in [-0.4, -0.2) is 18.5 Å². The zero-order valence-electron chi connectivity index (χ0n) is 8.92. The Bertz CT molecular complexity index is 304. The first-order valence-corrected chi connectivity index (χ1v) is 4.75.